The van der Waals surface area contributed by atoms with Crippen molar-refractivity contribution in [2.24, 2.45) is 0 Å². The first kappa shape index (κ1) is 15.0. The SMILES string of the molecule is CCc1c(C=CC(=O)O)cc(C)c(-c2ccccc2)c1C. The Labute approximate surface area is 125 Å². The third kappa shape index (κ3) is 3.22. The highest BCUT2D eigenvalue weighted by Crippen LogP contribution is 2.32. The van der Waals surface area contributed by atoms with Gasteiger partial charge in [0.05, 0.1) is 0 Å². The molecule has 2 nitrogen and oxygen atoms in total. The van der Waals surface area contributed by atoms with Crippen molar-refractivity contribution in [1.82, 2.24) is 0 Å². The molecule has 2 aromatic carbocycles. The molecule has 1 N–H and O–H groups in total. The van der Waals surface area contributed by atoms with Crippen LogP contribution in [0, 0.1) is 13.8 Å². The van der Waals surface area contributed by atoms with Crippen LogP contribution in [0.4, 0.5) is 0 Å². The summed E-state index contributed by atoms with van der Waals surface area (Å²) in [6.45, 7) is 6.30. The molecule has 0 heterocycles. The molecule has 2 rings (SSSR count). The van der Waals surface area contributed by atoms with Gasteiger partial charge in [-0.15, -0.1) is 0 Å². The van der Waals surface area contributed by atoms with Gasteiger partial charge in [0.25, 0.3) is 0 Å². The topological polar surface area (TPSA) is 37.3 Å². The first-order valence-corrected chi connectivity index (χ1v) is 7.14. The average Bonchev–Trinajstić information content (AvgIpc) is 2.46. The maximum atomic E-state index is 10.7. The number of carboxylic acid groups (broad SMARTS) is 1. The smallest absolute Gasteiger partial charge is 0.328 e. The van der Waals surface area contributed by atoms with E-state index in [-0.39, 0.29) is 0 Å². The predicted octanol–water partition coefficient (Wildman–Crippen LogP) is 4.63. The third-order valence-electron chi connectivity index (χ3n) is 3.76. The van der Waals surface area contributed by atoms with E-state index in [0.29, 0.717) is 0 Å². The molecule has 0 aliphatic rings. The van der Waals surface area contributed by atoms with Crippen LogP contribution in [0.5, 0.6) is 0 Å². The number of benzene rings is 2. The van der Waals surface area contributed by atoms with Crippen LogP contribution in [-0.4, -0.2) is 11.1 Å². The molecular weight excluding hydrogens is 260 g/mol. The minimum absolute atomic E-state index is 0.880. The molecule has 0 saturated heterocycles. The van der Waals surface area contributed by atoms with Crippen molar-refractivity contribution < 1.29 is 9.90 Å². The summed E-state index contributed by atoms with van der Waals surface area (Å²) in [6.07, 6.45) is 3.77. The molecule has 21 heavy (non-hydrogen) atoms. The lowest BCUT2D eigenvalue weighted by atomic mass is 9.88. The van der Waals surface area contributed by atoms with E-state index in [4.69, 9.17) is 5.11 Å². The Morgan fingerprint density at radius 3 is 2.43 bits per heavy atom. The van der Waals surface area contributed by atoms with Crippen molar-refractivity contribution in [1.29, 1.82) is 0 Å². The summed E-state index contributed by atoms with van der Waals surface area (Å²) < 4.78 is 0. The normalized spacial score (nSPS) is 11.0. The van der Waals surface area contributed by atoms with E-state index in [1.54, 1.807) is 6.08 Å². The van der Waals surface area contributed by atoms with Crippen molar-refractivity contribution in [3.05, 3.63) is 64.7 Å². The van der Waals surface area contributed by atoms with Crippen LogP contribution in [-0.2, 0) is 11.2 Å². The predicted molar refractivity (Wildman–Crippen MR) is 87.4 cm³/mol. The molecule has 0 amide bonds. The number of aliphatic carboxylic acids is 1. The molecule has 0 saturated carbocycles. The Kier molecular flexibility index (Phi) is 4.59. The van der Waals surface area contributed by atoms with Crippen molar-refractivity contribution in [3.63, 3.8) is 0 Å². The van der Waals surface area contributed by atoms with Crippen molar-refractivity contribution in [3.8, 4) is 11.1 Å². The molecule has 0 unspecified atom stereocenters. The summed E-state index contributed by atoms with van der Waals surface area (Å²) in [5.74, 6) is -0.917. The van der Waals surface area contributed by atoms with Crippen molar-refractivity contribution >= 4 is 12.0 Å². The number of hydrogen-bond acceptors (Lipinski definition) is 1. The molecule has 0 spiro atoms. The summed E-state index contributed by atoms with van der Waals surface area (Å²) in [7, 11) is 0. The number of hydrogen-bond donors (Lipinski definition) is 1. The Bertz CT molecular complexity index is 682. The van der Waals surface area contributed by atoms with Gasteiger partial charge in [-0.05, 0) is 59.7 Å². The summed E-state index contributed by atoms with van der Waals surface area (Å²) in [5, 5.41) is 8.82. The zero-order chi connectivity index (χ0) is 15.4. The molecule has 0 aromatic heterocycles. The fraction of sp³-hybridized carbons (Fsp3) is 0.211. The first-order valence-electron chi connectivity index (χ1n) is 7.14. The number of carboxylic acids is 1. The van der Waals surface area contributed by atoms with Gasteiger partial charge in [0.15, 0.2) is 0 Å². The maximum absolute atomic E-state index is 10.7. The van der Waals surface area contributed by atoms with Crippen LogP contribution < -0.4 is 0 Å². The van der Waals surface area contributed by atoms with Gasteiger partial charge >= 0.3 is 5.97 Å². The molecule has 2 aromatic rings. The Morgan fingerprint density at radius 1 is 1.19 bits per heavy atom. The number of carbonyl (C=O) groups is 1. The number of aryl methyl sites for hydroxylation is 1. The van der Waals surface area contributed by atoms with Gasteiger partial charge < -0.3 is 5.11 Å². The van der Waals surface area contributed by atoms with Crippen LogP contribution in [0.25, 0.3) is 17.2 Å². The van der Waals surface area contributed by atoms with Gasteiger partial charge in [-0.1, -0.05) is 43.3 Å². The second-order valence-corrected chi connectivity index (χ2v) is 5.15. The average molecular weight is 280 g/mol. The maximum Gasteiger partial charge on any atom is 0.328 e. The molecule has 0 radical (unpaired) electrons. The lowest BCUT2D eigenvalue weighted by Crippen LogP contribution is -1.98. The van der Waals surface area contributed by atoms with E-state index in [2.05, 4.69) is 39.0 Å². The standard InChI is InChI=1S/C19H20O2/c1-4-17-14(3)19(15-8-6-5-7-9-15)13(2)12-16(17)10-11-18(20)21/h5-12H,4H2,1-3H3,(H,20,21). The van der Waals surface area contributed by atoms with E-state index < -0.39 is 5.97 Å². The largest absolute Gasteiger partial charge is 0.478 e. The van der Waals surface area contributed by atoms with Crippen molar-refractivity contribution in [2.75, 3.05) is 0 Å². The minimum atomic E-state index is -0.917. The van der Waals surface area contributed by atoms with Crippen molar-refractivity contribution in [2.45, 2.75) is 27.2 Å². The van der Waals surface area contributed by atoms with Gasteiger partial charge in [0, 0.05) is 6.08 Å². The third-order valence-corrected chi connectivity index (χ3v) is 3.76. The molecule has 108 valence electrons. The lowest BCUT2D eigenvalue weighted by molar-refractivity contribution is -0.131. The monoisotopic (exact) mass is 280 g/mol. The fourth-order valence-corrected chi connectivity index (χ4v) is 2.88. The Hall–Kier alpha value is -2.35. The highest BCUT2D eigenvalue weighted by molar-refractivity contribution is 5.86. The first-order chi connectivity index (χ1) is 10.0. The zero-order valence-electron chi connectivity index (χ0n) is 12.7. The van der Waals surface area contributed by atoms with E-state index in [0.717, 1.165) is 12.0 Å². The zero-order valence-corrected chi connectivity index (χ0v) is 12.7. The van der Waals surface area contributed by atoms with Crippen LogP contribution >= 0.6 is 0 Å². The summed E-state index contributed by atoms with van der Waals surface area (Å²) >= 11 is 0. The molecule has 2 heteroatoms. The van der Waals surface area contributed by atoms with Crippen LogP contribution in [0.1, 0.15) is 29.2 Å². The van der Waals surface area contributed by atoms with Gasteiger partial charge in [0.2, 0.25) is 0 Å². The van der Waals surface area contributed by atoms with E-state index in [1.807, 2.05) is 18.2 Å². The molecule has 0 aliphatic heterocycles. The summed E-state index contributed by atoms with van der Waals surface area (Å²) in [6, 6.07) is 12.4. The van der Waals surface area contributed by atoms with E-state index in [9.17, 15) is 4.79 Å². The van der Waals surface area contributed by atoms with Gasteiger partial charge in [0.1, 0.15) is 0 Å². The van der Waals surface area contributed by atoms with Crippen LogP contribution in [0.2, 0.25) is 0 Å². The van der Waals surface area contributed by atoms with Crippen LogP contribution in [0.3, 0.4) is 0 Å². The Balaban J connectivity index is 2.63. The summed E-state index contributed by atoms with van der Waals surface area (Å²) in [4.78, 5) is 10.7. The number of rotatable bonds is 4. The lowest BCUT2D eigenvalue weighted by Gasteiger charge is -2.17. The highest BCUT2D eigenvalue weighted by atomic mass is 16.4. The molecule has 0 aliphatic carbocycles. The molecule has 0 atom stereocenters. The van der Waals surface area contributed by atoms with Gasteiger partial charge in [-0.25, -0.2) is 4.79 Å². The molecule has 0 fully saturated rings. The van der Waals surface area contributed by atoms with Gasteiger partial charge in [-0.2, -0.15) is 0 Å². The highest BCUT2D eigenvalue weighted by Gasteiger charge is 2.12. The Morgan fingerprint density at radius 2 is 1.86 bits per heavy atom. The second kappa shape index (κ2) is 6.40. The molecular formula is C19H20O2. The van der Waals surface area contributed by atoms with Crippen LogP contribution in [0.15, 0.2) is 42.5 Å². The second-order valence-electron chi connectivity index (χ2n) is 5.15. The van der Waals surface area contributed by atoms with E-state index >= 15 is 0 Å². The summed E-state index contributed by atoms with van der Waals surface area (Å²) in [5.41, 5.74) is 7.05. The quantitative estimate of drug-likeness (QED) is 0.829. The molecule has 0 bridgehead atoms. The fourth-order valence-electron chi connectivity index (χ4n) is 2.88. The minimum Gasteiger partial charge on any atom is -0.478 e. The van der Waals surface area contributed by atoms with Gasteiger partial charge in [-0.3, -0.25) is 0 Å². The van der Waals surface area contributed by atoms with E-state index in [1.165, 1.54) is 33.9 Å².